The summed E-state index contributed by atoms with van der Waals surface area (Å²) < 4.78 is 5.57. The Balaban J connectivity index is 2.34. The highest BCUT2D eigenvalue weighted by atomic mass is 16.5. The Morgan fingerprint density at radius 2 is 2.16 bits per heavy atom. The molecule has 1 fully saturated rings. The lowest BCUT2D eigenvalue weighted by Crippen LogP contribution is -2.38. The van der Waals surface area contributed by atoms with Gasteiger partial charge in [0.25, 0.3) is 0 Å². The second kappa shape index (κ2) is 6.29. The topological polar surface area (TPSA) is 24.5 Å². The Kier molecular flexibility index (Phi) is 4.70. The SMILES string of the molecule is CCNC(C)c1c(OC)cccc1N(C)C1CCC1. The van der Waals surface area contributed by atoms with Crippen molar-refractivity contribution in [3.8, 4) is 5.75 Å². The number of anilines is 1. The molecule has 3 heteroatoms. The number of benzene rings is 1. The summed E-state index contributed by atoms with van der Waals surface area (Å²) >= 11 is 0. The van der Waals surface area contributed by atoms with Gasteiger partial charge < -0.3 is 15.0 Å². The average molecular weight is 262 g/mol. The fourth-order valence-corrected chi connectivity index (χ4v) is 2.83. The average Bonchev–Trinajstić information content (AvgIpc) is 2.35. The molecule has 0 saturated heterocycles. The molecule has 0 aromatic heterocycles. The van der Waals surface area contributed by atoms with Crippen LogP contribution in [-0.2, 0) is 0 Å². The summed E-state index contributed by atoms with van der Waals surface area (Å²) in [5.74, 6) is 0.983. The molecule has 0 bridgehead atoms. The van der Waals surface area contributed by atoms with Crippen molar-refractivity contribution in [2.75, 3.05) is 25.6 Å². The van der Waals surface area contributed by atoms with Crippen LogP contribution in [0.2, 0.25) is 0 Å². The first-order chi connectivity index (χ1) is 9.19. The Hall–Kier alpha value is -1.22. The van der Waals surface area contributed by atoms with E-state index in [2.05, 4.69) is 49.3 Å². The normalized spacial score (nSPS) is 16.8. The van der Waals surface area contributed by atoms with Crippen LogP contribution in [-0.4, -0.2) is 26.7 Å². The number of hydrogen-bond donors (Lipinski definition) is 1. The Bertz CT molecular complexity index is 415. The zero-order valence-electron chi connectivity index (χ0n) is 12.6. The number of ether oxygens (including phenoxy) is 1. The van der Waals surface area contributed by atoms with E-state index in [1.807, 2.05) is 0 Å². The van der Waals surface area contributed by atoms with E-state index in [0.717, 1.165) is 12.3 Å². The second-order valence-electron chi connectivity index (χ2n) is 5.37. The predicted octanol–water partition coefficient (Wildman–Crippen LogP) is 3.35. The van der Waals surface area contributed by atoms with E-state index >= 15 is 0 Å². The molecule has 1 aromatic rings. The standard InChI is InChI=1S/C16H26N2O/c1-5-17-12(2)16-14(10-7-11-15(16)19-4)18(3)13-8-6-9-13/h7,10-13,17H,5-6,8-9H2,1-4H3. The molecule has 0 radical (unpaired) electrons. The molecule has 1 saturated carbocycles. The molecule has 0 heterocycles. The second-order valence-corrected chi connectivity index (χ2v) is 5.37. The van der Waals surface area contributed by atoms with Crippen LogP contribution >= 0.6 is 0 Å². The zero-order chi connectivity index (χ0) is 13.8. The summed E-state index contributed by atoms with van der Waals surface area (Å²) in [6, 6.07) is 7.36. The van der Waals surface area contributed by atoms with Crippen LogP contribution in [0.1, 0.15) is 44.7 Å². The lowest BCUT2D eigenvalue weighted by molar-refractivity contribution is 0.391. The van der Waals surface area contributed by atoms with Gasteiger partial charge in [0.2, 0.25) is 0 Å². The van der Waals surface area contributed by atoms with Crippen LogP contribution in [0.3, 0.4) is 0 Å². The molecule has 1 aliphatic rings. The third-order valence-corrected chi connectivity index (χ3v) is 4.21. The van der Waals surface area contributed by atoms with Gasteiger partial charge in [0, 0.05) is 30.4 Å². The Morgan fingerprint density at radius 3 is 2.68 bits per heavy atom. The van der Waals surface area contributed by atoms with Gasteiger partial charge in [-0.15, -0.1) is 0 Å². The molecule has 106 valence electrons. The third-order valence-electron chi connectivity index (χ3n) is 4.21. The van der Waals surface area contributed by atoms with Gasteiger partial charge in [-0.3, -0.25) is 0 Å². The van der Waals surface area contributed by atoms with Gasteiger partial charge in [0.05, 0.1) is 7.11 Å². The Morgan fingerprint density at radius 1 is 1.42 bits per heavy atom. The zero-order valence-corrected chi connectivity index (χ0v) is 12.6. The van der Waals surface area contributed by atoms with Crippen LogP contribution < -0.4 is 15.0 Å². The highest BCUT2D eigenvalue weighted by molar-refractivity contribution is 5.61. The molecular formula is C16H26N2O. The van der Waals surface area contributed by atoms with Crippen molar-refractivity contribution in [3.63, 3.8) is 0 Å². The molecule has 19 heavy (non-hydrogen) atoms. The smallest absolute Gasteiger partial charge is 0.125 e. The van der Waals surface area contributed by atoms with Gasteiger partial charge >= 0.3 is 0 Å². The number of nitrogens with zero attached hydrogens (tertiary/aromatic N) is 1. The number of methoxy groups -OCH3 is 1. The Labute approximate surface area is 116 Å². The van der Waals surface area contributed by atoms with Crippen LogP contribution in [0.5, 0.6) is 5.75 Å². The first-order valence-corrected chi connectivity index (χ1v) is 7.32. The third kappa shape index (κ3) is 2.86. The fourth-order valence-electron chi connectivity index (χ4n) is 2.83. The lowest BCUT2D eigenvalue weighted by atomic mass is 9.90. The van der Waals surface area contributed by atoms with Crippen molar-refractivity contribution in [2.45, 2.75) is 45.2 Å². The molecule has 1 aliphatic carbocycles. The summed E-state index contributed by atoms with van der Waals surface area (Å²) in [5.41, 5.74) is 2.58. The number of hydrogen-bond acceptors (Lipinski definition) is 3. The molecule has 3 nitrogen and oxygen atoms in total. The first-order valence-electron chi connectivity index (χ1n) is 7.32. The molecule has 1 aromatic carbocycles. The maximum Gasteiger partial charge on any atom is 0.125 e. The number of nitrogens with one attached hydrogen (secondary N) is 1. The van der Waals surface area contributed by atoms with Crippen LogP contribution in [0.4, 0.5) is 5.69 Å². The van der Waals surface area contributed by atoms with Gasteiger partial charge in [-0.25, -0.2) is 0 Å². The fraction of sp³-hybridized carbons (Fsp3) is 0.625. The lowest BCUT2D eigenvalue weighted by Gasteiger charge is -2.38. The van der Waals surface area contributed by atoms with Crippen molar-refractivity contribution in [1.29, 1.82) is 0 Å². The molecule has 1 N–H and O–H groups in total. The molecule has 2 rings (SSSR count). The monoisotopic (exact) mass is 262 g/mol. The van der Waals surface area contributed by atoms with E-state index in [1.165, 1.54) is 30.5 Å². The van der Waals surface area contributed by atoms with E-state index in [4.69, 9.17) is 4.74 Å². The van der Waals surface area contributed by atoms with Crippen LogP contribution in [0.15, 0.2) is 18.2 Å². The van der Waals surface area contributed by atoms with E-state index in [1.54, 1.807) is 7.11 Å². The minimum Gasteiger partial charge on any atom is -0.496 e. The first kappa shape index (κ1) is 14.2. The van der Waals surface area contributed by atoms with Crippen molar-refractivity contribution in [1.82, 2.24) is 5.32 Å². The number of rotatable bonds is 6. The van der Waals surface area contributed by atoms with E-state index in [-0.39, 0.29) is 0 Å². The summed E-state index contributed by atoms with van der Waals surface area (Å²) in [6.45, 7) is 5.31. The molecular weight excluding hydrogens is 236 g/mol. The highest BCUT2D eigenvalue weighted by Crippen LogP contribution is 2.37. The van der Waals surface area contributed by atoms with Gasteiger partial charge in [0.1, 0.15) is 5.75 Å². The van der Waals surface area contributed by atoms with E-state index < -0.39 is 0 Å². The predicted molar refractivity (Wildman–Crippen MR) is 81.1 cm³/mol. The summed E-state index contributed by atoms with van der Waals surface area (Å²) in [7, 11) is 3.96. The van der Waals surface area contributed by atoms with Gasteiger partial charge in [-0.2, -0.15) is 0 Å². The maximum absolute atomic E-state index is 5.57. The van der Waals surface area contributed by atoms with Gasteiger partial charge in [-0.1, -0.05) is 13.0 Å². The molecule has 1 unspecified atom stereocenters. The minimum atomic E-state index is 0.304. The molecule has 1 atom stereocenters. The largest absolute Gasteiger partial charge is 0.496 e. The molecule has 0 aliphatic heterocycles. The highest BCUT2D eigenvalue weighted by Gasteiger charge is 2.26. The summed E-state index contributed by atoms with van der Waals surface area (Å²) in [4.78, 5) is 2.43. The van der Waals surface area contributed by atoms with E-state index in [0.29, 0.717) is 12.1 Å². The summed E-state index contributed by atoms with van der Waals surface area (Å²) in [5, 5.41) is 3.50. The molecule has 0 spiro atoms. The van der Waals surface area contributed by atoms with Gasteiger partial charge in [-0.05, 0) is 44.9 Å². The van der Waals surface area contributed by atoms with Crippen molar-refractivity contribution in [2.24, 2.45) is 0 Å². The van der Waals surface area contributed by atoms with Crippen LogP contribution in [0, 0.1) is 0 Å². The summed E-state index contributed by atoms with van der Waals surface area (Å²) in [6.07, 6.45) is 3.97. The molecule has 0 amide bonds. The van der Waals surface area contributed by atoms with Crippen molar-refractivity contribution >= 4 is 5.69 Å². The van der Waals surface area contributed by atoms with Crippen molar-refractivity contribution < 1.29 is 4.74 Å². The maximum atomic E-state index is 5.57. The quantitative estimate of drug-likeness (QED) is 0.851. The minimum absolute atomic E-state index is 0.304. The van der Waals surface area contributed by atoms with Crippen LogP contribution in [0.25, 0.3) is 0 Å². The van der Waals surface area contributed by atoms with Crippen molar-refractivity contribution in [3.05, 3.63) is 23.8 Å². The van der Waals surface area contributed by atoms with E-state index in [9.17, 15) is 0 Å². The van der Waals surface area contributed by atoms with Gasteiger partial charge in [0.15, 0.2) is 0 Å².